The van der Waals surface area contributed by atoms with E-state index in [9.17, 15) is 0 Å². The quantitative estimate of drug-likeness (QED) is 0.713. The number of rotatable bonds is 5. The fourth-order valence-electron chi connectivity index (χ4n) is 2.94. The lowest BCUT2D eigenvalue weighted by molar-refractivity contribution is 0.922. The van der Waals surface area contributed by atoms with Crippen LogP contribution >= 0.6 is 0 Å². The summed E-state index contributed by atoms with van der Waals surface area (Å²) >= 11 is 0. The Kier molecular flexibility index (Phi) is 4.14. The van der Waals surface area contributed by atoms with Crippen molar-refractivity contribution in [3.05, 3.63) is 58.9 Å². The Morgan fingerprint density at radius 1 is 1.14 bits per heavy atom. The van der Waals surface area contributed by atoms with Gasteiger partial charge in [-0.2, -0.15) is 0 Å². The molecule has 1 aromatic carbocycles. The molecule has 114 valence electrons. The van der Waals surface area contributed by atoms with Crippen LogP contribution in [0.3, 0.4) is 0 Å². The van der Waals surface area contributed by atoms with E-state index in [1.807, 2.05) is 12.3 Å². The maximum Gasteiger partial charge on any atom is 0.150 e. The molecule has 0 fully saturated rings. The Balaban J connectivity index is 1.97. The second-order valence-electron chi connectivity index (χ2n) is 5.85. The molecule has 3 aromatic rings. The number of anilines is 1. The summed E-state index contributed by atoms with van der Waals surface area (Å²) in [4.78, 5) is 8.16. The maximum atomic E-state index is 4.65. The Morgan fingerprint density at radius 3 is 2.64 bits per heavy atom. The summed E-state index contributed by atoms with van der Waals surface area (Å²) in [6, 6.07) is 10.4. The van der Waals surface area contributed by atoms with Gasteiger partial charge in [0.25, 0.3) is 0 Å². The highest BCUT2D eigenvalue weighted by Crippen LogP contribution is 2.30. The zero-order valence-electron chi connectivity index (χ0n) is 13.5. The van der Waals surface area contributed by atoms with Crippen molar-refractivity contribution in [1.29, 1.82) is 0 Å². The van der Waals surface area contributed by atoms with Gasteiger partial charge in [0.2, 0.25) is 0 Å². The number of hydrogen-bond acceptors (Lipinski definition) is 2. The molecule has 3 rings (SSSR count). The van der Waals surface area contributed by atoms with E-state index < -0.39 is 0 Å². The number of H-pyrrole nitrogens is 1. The zero-order valence-corrected chi connectivity index (χ0v) is 13.5. The summed E-state index contributed by atoms with van der Waals surface area (Å²) in [5.74, 6) is 0.940. The van der Waals surface area contributed by atoms with Crippen LogP contribution in [0.4, 0.5) is 5.82 Å². The summed E-state index contributed by atoms with van der Waals surface area (Å²) in [6.07, 6.45) is 4.23. The van der Waals surface area contributed by atoms with E-state index in [1.54, 1.807) is 0 Å². The molecule has 2 N–H and O–H groups in total. The first-order valence-electron chi connectivity index (χ1n) is 7.95. The van der Waals surface area contributed by atoms with Gasteiger partial charge in [-0.15, -0.1) is 0 Å². The molecule has 0 aliphatic carbocycles. The Hall–Kier alpha value is -2.29. The fraction of sp³-hybridized carbons (Fsp3) is 0.316. The van der Waals surface area contributed by atoms with Crippen molar-refractivity contribution >= 4 is 16.7 Å². The van der Waals surface area contributed by atoms with Crippen molar-refractivity contribution in [1.82, 2.24) is 9.97 Å². The lowest BCUT2D eigenvalue weighted by Gasteiger charge is -2.10. The third-order valence-electron chi connectivity index (χ3n) is 4.23. The predicted molar refractivity (Wildman–Crippen MR) is 93.3 cm³/mol. The van der Waals surface area contributed by atoms with Crippen LogP contribution in [0.1, 0.15) is 35.7 Å². The van der Waals surface area contributed by atoms with Crippen LogP contribution in [-0.2, 0) is 13.0 Å². The van der Waals surface area contributed by atoms with Crippen LogP contribution in [0.5, 0.6) is 0 Å². The predicted octanol–water partition coefficient (Wildman–Crippen LogP) is 4.74. The van der Waals surface area contributed by atoms with Crippen LogP contribution in [0.15, 0.2) is 36.5 Å². The standard InChI is InChI=1S/C19H23N3/c1-4-8-16-12-21-19(18-17(16)13(2)14(3)22-18)20-11-15-9-6-5-7-10-15/h5-7,9-10,12,22H,4,8,11H2,1-3H3,(H,20,21). The van der Waals surface area contributed by atoms with Gasteiger partial charge in [-0.05, 0) is 37.0 Å². The van der Waals surface area contributed by atoms with E-state index in [1.165, 1.54) is 27.8 Å². The number of benzene rings is 1. The summed E-state index contributed by atoms with van der Waals surface area (Å²) in [6.45, 7) is 7.32. The van der Waals surface area contributed by atoms with Crippen molar-refractivity contribution in [2.24, 2.45) is 0 Å². The second-order valence-corrected chi connectivity index (χ2v) is 5.85. The van der Waals surface area contributed by atoms with Crippen LogP contribution < -0.4 is 5.32 Å². The van der Waals surface area contributed by atoms with Crippen molar-refractivity contribution in [2.75, 3.05) is 5.32 Å². The van der Waals surface area contributed by atoms with Crippen LogP contribution in [-0.4, -0.2) is 9.97 Å². The smallest absolute Gasteiger partial charge is 0.150 e. The van der Waals surface area contributed by atoms with Gasteiger partial charge in [0.15, 0.2) is 5.82 Å². The summed E-state index contributed by atoms with van der Waals surface area (Å²) in [5.41, 5.74) is 6.29. The number of pyridine rings is 1. The normalized spacial score (nSPS) is 11.0. The molecule has 0 atom stereocenters. The SMILES string of the molecule is CCCc1cnc(NCc2ccccc2)c2[nH]c(C)c(C)c12. The van der Waals surface area contributed by atoms with Gasteiger partial charge in [0.05, 0.1) is 5.52 Å². The molecule has 0 saturated carbocycles. The average Bonchev–Trinajstić information content (AvgIpc) is 2.84. The largest absolute Gasteiger partial charge is 0.364 e. The van der Waals surface area contributed by atoms with Gasteiger partial charge in [-0.3, -0.25) is 0 Å². The first-order chi connectivity index (χ1) is 10.7. The molecule has 0 amide bonds. The fourth-order valence-corrected chi connectivity index (χ4v) is 2.94. The number of aryl methyl sites for hydroxylation is 3. The third-order valence-corrected chi connectivity index (χ3v) is 4.23. The Morgan fingerprint density at radius 2 is 1.91 bits per heavy atom. The highest BCUT2D eigenvalue weighted by molar-refractivity contribution is 5.94. The third kappa shape index (κ3) is 2.71. The molecule has 2 aromatic heterocycles. The van der Waals surface area contributed by atoms with E-state index in [2.05, 4.69) is 60.3 Å². The molecule has 0 radical (unpaired) electrons. The number of aromatic amines is 1. The molecule has 2 heterocycles. The van der Waals surface area contributed by atoms with E-state index in [0.29, 0.717) is 0 Å². The van der Waals surface area contributed by atoms with Crippen molar-refractivity contribution in [3.8, 4) is 0 Å². The number of nitrogens with one attached hydrogen (secondary N) is 2. The first kappa shape index (κ1) is 14.6. The molecule has 0 unspecified atom stereocenters. The van der Waals surface area contributed by atoms with Crippen molar-refractivity contribution < 1.29 is 0 Å². The summed E-state index contributed by atoms with van der Waals surface area (Å²) in [7, 11) is 0. The molecular weight excluding hydrogens is 270 g/mol. The topological polar surface area (TPSA) is 40.7 Å². The number of fused-ring (bicyclic) bond motifs is 1. The lowest BCUT2D eigenvalue weighted by Crippen LogP contribution is -2.03. The van der Waals surface area contributed by atoms with Gasteiger partial charge in [0.1, 0.15) is 0 Å². The van der Waals surface area contributed by atoms with Gasteiger partial charge in [0, 0.05) is 23.8 Å². The Labute approximate surface area is 131 Å². The van der Waals surface area contributed by atoms with Gasteiger partial charge in [-0.1, -0.05) is 43.7 Å². The summed E-state index contributed by atoms with van der Waals surface area (Å²) in [5, 5.41) is 4.81. The van der Waals surface area contributed by atoms with Crippen LogP contribution in [0.2, 0.25) is 0 Å². The molecule has 0 spiro atoms. The van der Waals surface area contributed by atoms with E-state index in [4.69, 9.17) is 0 Å². The lowest BCUT2D eigenvalue weighted by atomic mass is 10.0. The molecule has 0 aliphatic rings. The molecule has 0 bridgehead atoms. The van der Waals surface area contributed by atoms with E-state index in [-0.39, 0.29) is 0 Å². The minimum Gasteiger partial charge on any atom is -0.364 e. The molecule has 3 nitrogen and oxygen atoms in total. The molecule has 22 heavy (non-hydrogen) atoms. The Bertz CT molecular complexity index is 772. The number of nitrogens with zero attached hydrogens (tertiary/aromatic N) is 1. The molecule has 3 heteroatoms. The molecular formula is C19H23N3. The minimum atomic E-state index is 0.785. The maximum absolute atomic E-state index is 4.65. The highest BCUT2D eigenvalue weighted by atomic mass is 15.0. The average molecular weight is 293 g/mol. The van der Waals surface area contributed by atoms with Gasteiger partial charge < -0.3 is 10.3 Å². The number of aromatic nitrogens is 2. The molecule has 0 saturated heterocycles. The van der Waals surface area contributed by atoms with Gasteiger partial charge in [-0.25, -0.2) is 4.98 Å². The second kappa shape index (κ2) is 6.22. The number of hydrogen-bond donors (Lipinski definition) is 2. The monoisotopic (exact) mass is 293 g/mol. The van der Waals surface area contributed by atoms with Crippen LogP contribution in [0, 0.1) is 13.8 Å². The minimum absolute atomic E-state index is 0.785. The highest BCUT2D eigenvalue weighted by Gasteiger charge is 2.13. The van der Waals surface area contributed by atoms with Crippen molar-refractivity contribution in [3.63, 3.8) is 0 Å². The van der Waals surface area contributed by atoms with Crippen molar-refractivity contribution in [2.45, 2.75) is 40.2 Å². The summed E-state index contributed by atoms with van der Waals surface area (Å²) < 4.78 is 0. The van der Waals surface area contributed by atoms with Gasteiger partial charge >= 0.3 is 0 Å². The van der Waals surface area contributed by atoms with Crippen LogP contribution in [0.25, 0.3) is 10.9 Å². The van der Waals surface area contributed by atoms with E-state index >= 15 is 0 Å². The molecule has 0 aliphatic heterocycles. The first-order valence-corrected chi connectivity index (χ1v) is 7.95. The van der Waals surface area contributed by atoms with E-state index in [0.717, 1.165) is 30.7 Å². The zero-order chi connectivity index (χ0) is 15.5.